The van der Waals surface area contributed by atoms with E-state index in [1.54, 1.807) is 18.3 Å². The maximum atomic E-state index is 12.2. The Kier molecular flexibility index (Phi) is 2.60. The van der Waals surface area contributed by atoms with Crippen molar-refractivity contribution in [2.24, 2.45) is 0 Å². The van der Waals surface area contributed by atoms with Crippen LogP contribution < -0.4 is 11.1 Å². The number of fused-ring (bicyclic) bond motifs is 1. The summed E-state index contributed by atoms with van der Waals surface area (Å²) in [6, 6.07) is 5.37. The summed E-state index contributed by atoms with van der Waals surface area (Å²) < 4.78 is 0. The summed E-state index contributed by atoms with van der Waals surface area (Å²) in [4.78, 5) is 22.9. The van der Waals surface area contributed by atoms with E-state index >= 15 is 0 Å². The summed E-state index contributed by atoms with van der Waals surface area (Å²) in [7, 11) is 0. The summed E-state index contributed by atoms with van der Waals surface area (Å²) in [6.07, 6.45) is 6.14. The van der Waals surface area contributed by atoms with E-state index in [1.807, 2.05) is 6.07 Å². The van der Waals surface area contributed by atoms with Crippen molar-refractivity contribution in [3.05, 3.63) is 48.7 Å². The summed E-state index contributed by atoms with van der Waals surface area (Å²) in [5, 5.41) is 3.56. The van der Waals surface area contributed by atoms with Gasteiger partial charge in [-0.05, 0) is 18.2 Å². The first-order valence-electron chi connectivity index (χ1n) is 5.67. The molecule has 6 nitrogen and oxygen atoms in total. The molecule has 0 aliphatic rings. The van der Waals surface area contributed by atoms with E-state index in [0.717, 1.165) is 10.9 Å². The molecule has 1 amide bonds. The number of nitrogen functional groups attached to an aromatic ring is 1. The molecule has 0 saturated heterocycles. The number of carbonyl (C=O) groups is 1. The highest BCUT2D eigenvalue weighted by Crippen LogP contribution is 2.21. The number of rotatable bonds is 2. The molecule has 1 aromatic carbocycles. The average Bonchev–Trinajstić information content (AvgIpc) is 2.82. The number of H-pyrrole nitrogens is 1. The van der Waals surface area contributed by atoms with Crippen LogP contribution in [0.1, 0.15) is 10.4 Å². The number of benzene rings is 1. The van der Waals surface area contributed by atoms with Gasteiger partial charge in [0.2, 0.25) is 0 Å². The van der Waals surface area contributed by atoms with Crippen LogP contribution in [0.3, 0.4) is 0 Å². The Hall–Kier alpha value is -2.89. The fourth-order valence-electron chi connectivity index (χ4n) is 1.89. The van der Waals surface area contributed by atoms with Crippen molar-refractivity contribution in [3.8, 4) is 0 Å². The van der Waals surface area contributed by atoms with Gasteiger partial charge < -0.3 is 16.0 Å². The van der Waals surface area contributed by atoms with Crippen molar-refractivity contribution in [1.29, 1.82) is 0 Å². The average molecular weight is 253 g/mol. The van der Waals surface area contributed by atoms with Crippen LogP contribution in [0.4, 0.5) is 11.4 Å². The highest BCUT2D eigenvalue weighted by molar-refractivity contribution is 6.12. The van der Waals surface area contributed by atoms with Crippen molar-refractivity contribution in [2.45, 2.75) is 0 Å². The number of anilines is 2. The van der Waals surface area contributed by atoms with Crippen molar-refractivity contribution < 1.29 is 4.79 Å². The van der Waals surface area contributed by atoms with Gasteiger partial charge in [0.25, 0.3) is 5.91 Å². The van der Waals surface area contributed by atoms with Crippen LogP contribution in [0, 0.1) is 0 Å². The second kappa shape index (κ2) is 4.41. The molecule has 0 fully saturated rings. The quantitative estimate of drug-likeness (QED) is 0.606. The topological polar surface area (TPSA) is 96.7 Å². The molecule has 0 spiro atoms. The van der Waals surface area contributed by atoms with Gasteiger partial charge in [-0.1, -0.05) is 0 Å². The third kappa shape index (κ3) is 2.11. The van der Waals surface area contributed by atoms with Crippen molar-refractivity contribution in [3.63, 3.8) is 0 Å². The molecule has 0 aliphatic carbocycles. The zero-order valence-electron chi connectivity index (χ0n) is 9.92. The third-order valence-corrected chi connectivity index (χ3v) is 2.77. The number of carbonyl (C=O) groups excluding carboxylic acids is 1. The van der Waals surface area contributed by atoms with Crippen molar-refractivity contribution in [2.75, 3.05) is 11.1 Å². The van der Waals surface area contributed by atoms with Gasteiger partial charge >= 0.3 is 0 Å². The molecule has 3 aromatic rings. The van der Waals surface area contributed by atoms with Crippen molar-refractivity contribution >= 4 is 28.2 Å². The molecule has 0 saturated carbocycles. The zero-order valence-corrected chi connectivity index (χ0v) is 9.92. The minimum atomic E-state index is -0.217. The molecule has 4 N–H and O–H groups in total. The van der Waals surface area contributed by atoms with Gasteiger partial charge in [0.1, 0.15) is 6.33 Å². The van der Waals surface area contributed by atoms with Crippen LogP contribution in [-0.2, 0) is 0 Å². The third-order valence-electron chi connectivity index (χ3n) is 2.77. The molecule has 2 aromatic heterocycles. The number of aromatic nitrogens is 3. The number of hydrogen-bond donors (Lipinski definition) is 3. The first kappa shape index (κ1) is 11.2. The Morgan fingerprint density at radius 1 is 1.26 bits per heavy atom. The lowest BCUT2D eigenvalue weighted by molar-refractivity contribution is 0.102. The Morgan fingerprint density at radius 2 is 2.05 bits per heavy atom. The van der Waals surface area contributed by atoms with E-state index in [2.05, 4.69) is 20.3 Å². The van der Waals surface area contributed by atoms with Gasteiger partial charge in [-0.15, -0.1) is 0 Å². The summed E-state index contributed by atoms with van der Waals surface area (Å²) in [5.74, 6) is -0.217. The molecule has 0 unspecified atom stereocenters. The Labute approximate surface area is 108 Å². The normalized spacial score (nSPS) is 10.5. The summed E-state index contributed by atoms with van der Waals surface area (Å²) in [5.41, 5.74) is 8.28. The number of aromatic amines is 1. The van der Waals surface area contributed by atoms with Gasteiger partial charge in [0.15, 0.2) is 0 Å². The molecule has 0 radical (unpaired) electrons. The lowest BCUT2D eigenvalue weighted by atomic mass is 10.1. The van der Waals surface area contributed by atoms with E-state index in [4.69, 9.17) is 5.73 Å². The largest absolute Gasteiger partial charge is 0.399 e. The Balaban J connectivity index is 1.94. The number of nitrogens with zero attached hydrogens (tertiary/aromatic N) is 2. The maximum Gasteiger partial charge on any atom is 0.257 e. The van der Waals surface area contributed by atoms with Crippen LogP contribution in [0.5, 0.6) is 0 Å². The van der Waals surface area contributed by atoms with Crippen LogP contribution >= 0.6 is 0 Å². The fourth-order valence-corrected chi connectivity index (χ4v) is 1.89. The van der Waals surface area contributed by atoms with Gasteiger partial charge in [-0.2, -0.15) is 0 Å². The highest BCUT2D eigenvalue weighted by Gasteiger charge is 2.12. The second-order valence-electron chi connectivity index (χ2n) is 4.09. The number of hydrogen-bond acceptors (Lipinski definition) is 4. The molecule has 6 heteroatoms. The minimum absolute atomic E-state index is 0.217. The Bertz CT molecular complexity index is 735. The van der Waals surface area contributed by atoms with E-state index in [1.165, 1.54) is 18.7 Å². The molecule has 0 atom stereocenters. The summed E-state index contributed by atoms with van der Waals surface area (Å²) in [6.45, 7) is 0. The molecule has 2 heterocycles. The molecular weight excluding hydrogens is 242 g/mol. The molecule has 3 rings (SSSR count). The molecular formula is C13H11N5O. The molecule has 0 bridgehead atoms. The van der Waals surface area contributed by atoms with Gasteiger partial charge in [-0.25, -0.2) is 9.97 Å². The van der Waals surface area contributed by atoms with Crippen LogP contribution in [-0.4, -0.2) is 20.9 Å². The van der Waals surface area contributed by atoms with E-state index < -0.39 is 0 Å². The number of nitrogens with two attached hydrogens (primary N) is 1. The van der Waals surface area contributed by atoms with E-state index in [0.29, 0.717) is 16.9 Å². The monoisotopic (exact) mass is 253 g/mol. The van der Waals surface area contributed by atoms with Crippen LogP contribution in [0.25, 0.3) is 10.9 Å². The highest BCUT2D eigenvalue weighted by atomic mass is 16.1. The molecule has 0 aliphatic heterocycles. The van der Waals surface area contributed by atoms with Gasteiger partial charge in [0, 0.05) is 22.8 Å². The Morgan fingerprint density at radius 3 is 2.84 bits per heavy atom. The number of nitrogens with one attached hydrogen (secondary N) is 2. The summed E-state index contributed by atoms with van der Waals surface area (Å²) >= 11 is 0. The lowest BCUT2D eigenvalue weighted by Crippen LogP contribution is -2.11. The zero-order chi connectivity index (χ0) is 13.2. The first-order chi connectivity index (χ1) is 9.24. The van der Waals surface area contributed by atoms with Gasteiger partial charge in [-0.3, -0.25) is 4.79 Å². The first-order valence-corrected chi connectivity index (χ1v) is 5.67. The second-order valence-corrected chi connectivity index (χ2v) is 4.09. The SMILES string of the molecule is Nc1ccc2c(C(=O)Nc3cncnc3)c[nH]c2c1. The van der Waals surface area contributed by atoms with E-state index in [-0.39, 0.29) is 5.91 Å². The lowest BCUT2D eigenvalue weighted by Gasteiger charge is -2.02. The maximum absolute atomic E-state index is 12.2. The minimum Gasteiger partial charge on any atom is -0.399 e. The van der Waals surface area contributed by atoms with Crippen LogP contribution in [0.15, 0.2) is 43.1 Å². The molecule has 19 heavy (non-hydrogen) atoms. The smallest absolute Gasteiger partial charge is 0.257 e. The predicted molar refractivity (Wildman–Crippen MR) is 72.7 cm³/mol. The standard InChI is InChI=1S/C13H11N5O/c14-8-1-2-10-11(6-17-12(10)3-8)13(19)18-9-4-15-7-16-5-9/h1-7,17H,14H2,(H,18,19). The number of amides is 1. The van der Waals surface area contributed by atoms with Crippen LogP contribution in [0.2, 0.25) is 0 Å². The molecule has 94 valence electrons. The fraction of sp³-hybridized carbons (Fsp3) is 0. The van der Waals surface area contributed by atoms with Crippen molar-refractivity contribution in [1.82, 2.24) is 15.0 Å². The van der Waals surface area contributed by atoms with E-state index in [9.17, 15) is 4.79 Å². The van der Waals surface area contributed by atoms with Gasteiger partial charge in [0.05, 0.1) is 23.6 Å². The predicted octanol–water partition coefficient (Wildman–Crippen LogP) is 1.79.